The number of amides is 2. The molecule has 188 valence electrons. The summed E-state index contributed by atoms with van der Waals surface area (Å²) in [6.07, 6.45) is 0. The molecule has 1 N–H and O–H groups in total. The van der Waals surface area contributed by atoms with Crippen molar-refractivity contribution in [2.45, 2.75) is 5.22 Å². The van der Waals surface area contributed by atoms with E-state index in [1.807, 2.05) is 83.8 Å². The third kappa shape index (κ3) is 6.39. The maximum absolute atomic E-state index is 12.7. The molecule has 2 amide bonds. The number of thioether (sulfide) groups is 1. The molecule has 3 aromatic carbocycles. The summed E-state index contributed by atoms with van der Waals surface area (Å²) in [7, 11) is 0. The number of anilines is 2. The molecule has 0 aliphatic carbocycles. The van der Waals surface area contributed by atoms with Crippen molar-refractivity contribution in [1.29, 1.82) is 0 Å². The van der Waals surface area contributed by atoms with E-state index in [4.69, 9.17) is 4.42 Å². The smallest absolute Gasteiger partial charge is 0.277 e. The van der Waals surface area contributed by atoms with Crippen LogP contribution in [-0.4, -0.2) is 58.8 Å². The van der Waals surface area contributed by atoms with Gasteiger partial charge in [0, 0.05) is 53.2 Å². The highest BCUT2D eigenvalue weighted by Gasteiger charge is 2.22. The van der Waals surface area contributed by atoms with E-state index in [9.17, 15) is 9.59 Å². The molecule has 5 rings (SSSR count). The highest BCUT2D eigenvalue weighted by atomic mass is 79.9. The Balaban J connectivity index is 1.08. The van der Waals surface area contributed by atoms with Crippen LogP contribution in [0.15, 0.2) is 93.0 Å². The molecule has 37 heavy (non-hydrogen) atoms. The topological polar surface area (TPSA) is 91.6 Å². The Morgan fingerprint density at radius 3 is 2.30 bits per heavy atom. The van der Waals surface area contributed by atoms with Gasteiger partial charge < -0.3 is 19.5 Å². The van der Waals surface area contributed by atoms with Crippen LogP contribution in [0.2, 0.25) is 0 Å². The first-order valence-corrected chi connectivity index (χ1v) is 13.5. The number of halogens is 1. The van der Waals surface area contributed by atoms with Crippen molar-refractivity contribution in [2.75, 3.05) is 42.1 Å². The Labute approximate surface area is 227 Å². The zero-order chi connectivity index (χ0) is 25.6. The van der Waals surface area contributed by atoms with Gasteiger partial charge in [-0.1, -0.05) is 45.9 Å². The normalized spacial score (nSPS) is 13.4. The molecule has 2 heterocycles. The molecule has 10 heteroatoms. The molecule has 0 radical (unpaired) electrons. The minimum Gasteiger partial charge on any atom is -0.411 e. The fraction of sp³-hybridized carbons (Fsp3) is 0.185. The Morgan fingerprint density at radius 1 is 0.892 bits per heavy atom. The average Bonchev–Trinajstić information content (AvgIpc) is 3.42. The van der Waals surface area contributed by atoms with Crippen molar-refractivity contribution in [3.05, 3.63) is 88.9 Å². The second kappa shape index (κ2) is 11.6. The summed E-state index contributed by atoms with van der Waals surface area (Å²) >= 11 is 4.60. The van der Waals surface area contributed by atoms with Gasteiger partial charge in [-0.15, -0.1) is 10.2 Å². The highest BCUT2D eigenvalue weighted by molar-refractivity contribution is 9.10. The molecule has 1 saturated heterocycles. The van der Waals surface area contributed by atoms with Gasteiger partial charge in [-0.25, -0.2) is 0 Å². The Hall–Kier alpha value is -3.63. The van der Waals surface area contributed by atoms with Gasteiger partial charge in [0.2, 0.25) is 11.8 Å². The number of benzene rings is 3. The summed E-state index contributed by atoms with van der Waals surface area (Å²) in [5, 5.41) is 11.3. The number of aromatic nitrogens is 2. The van der Waals surface area contributed by atoms with Crippen molar-refractivity contribution >= 4 is 50.9 Å². The van der Waals surface area contributed by atoms with E-state index in [-0.39, 0.29) is 17.6 Å². The minimum absolute atomic E-state index is 0.0555. The highest BCUT2D eigenvalue weighted by Crippen LogP contribution is 2.24. The van der Waals surface area contributed by atoms with Crippen molar-refractivity contribution in [3.63, 3.8) is 0 Å². The fourth-order valence-corrected chi connectivity index (χ4v) is 4.82. The van der Waals surface area contributed by atoms with Crippen LogP contribution in [0.25, 0.3) is 11.5 Å². The van der Waals surface area contributed by atoms with E-state index < -0.39 is 0 Å². The quantitative estimate of drug-likeness (QED) is 0.302. The standard InChI is InChI=1S/C27H24BrN5O3S/c28-21-8-6-20(7-9-21)26(35)33-16-14-32(15-17-33)23-12-10-22(11-13-23)29-24(34)18-37-27-31-30-25(36-27)19-4-2-1-3-5-19/h1-13H,14-18H2,(H,29,34). The van der Waals surface area contributed by atoms with Gasteiger partial charge >= 0.3 is 0 Å². The van der Waals surface area contributed by atoms with E-state index in [0.29, 0.717) is 35.5 Å². The van der Waals surface area contributed by atoms with Crippen LogP contribution in [0, 0.1) is 0 Å². The predicted octanol–water partition coefficient (Wildman–Crippen LogP) is 5.19. The molecule has 1 aliphatic rings. The monoisotopic (exact) mass is 577 g/mol. The van der Waals surface area contributed by atoms with Gasteiger partial charge in [-0.3, -0.25) is 9.59 Å². The molecule has 0 atom stereocenters. The molecule has 0 unspecified atom stereocenters. The molecule has 1 fully saturated rings. The second-order valence-electron chi connectivity index (χ2n) is 8.41. The molecule has 1 aromatic heterocycles. The van der Waals surface area contributed by atoms with Gasteiger partial charge in [0.1, 0.15) is 0 Å². The molecule has 8 nitrogen and oxygen atoms in total. The van der Waals surface area contributed by atoms with Crippen molar-refractivity contribution < 1.29 is 14.0 Å². The minimum atomic E-state index is -0.155. The number of piperazine rings is 1. The van der Waals surface area contributed by atoms with Gasteiger partial charge in [0.25, 0.3) is 11.1 Å². The fourth-order valence-electron chi connectivity index (χ4n) is 3.99. The van der Waals surface area contributed by atoms with Gasteiger partial charge in [0.05, 0.1) is 5.75 Å². The lowest BCUT2D eigenvalue weighted by molar-refractivity contribution is -0.113. The lowest BCUT2D eigenvalue weighted by atomic mass is 10.1. The van der Waals surface area contributed by atoms with E-state index in [2.05, 4.69) is 36.3 Å². The molecule has 0 saturated carbocycles. The summed E-state index contributed by atoms with van der Waals surface area (Å²) in [4.78, 5) is 29.3. The van der Waals surface area contributed by atoms with E-state index in [1.165, 1.54) is 11.8 Å². The lowest BCUT2D eigenvalue weighted by Gasteiger charge is -2.36. The Bertz CT molecular complexity index is 1360. The molecular weight excluding hydrogens is 554 g/mol. The number of hydrogen-bond donors (Lipinski definition) is 1. The average molecular weight is 578 g/mol. The van der Waals surface area contributed by atoms with Crippen LogP contribution in [-0.2, 0) is 4.79 Å². The van der Waals surface area contributed by atoms with Gasteiger partial charge in [-0.05, 0) is 60.7 Å². The first-order chi connectivity index (χ1) is 18.0. The molecule has 1 aliphatic heterocycles. The Morgan fingerprint density at radius 2 is 1.59 bits per heavy atom. The molecule has 4 aromatic rings. The number of nitrogens with one attached hydrogen (secondary N) is 1. The summed E-state index contributed by atoms with van der Waals surface area (Å²) in [5.41, 5.74) is 3.31. The largest absolute Gasteiger partial charge is 0.411 e. The number of rotatable bonds is 7. The molecule has 0 bridgehead atoms. The van der Waals surface area contributed by atoms with Crippen LogP contribution >= 0.6 is 27.7 Å². The Kier molecular flexibility index (Phi) is 7.86. The maximum Gasteiger partial charge on any atom is 0.277 e. The van der Waals surface area contributed by atoms with Crippen LogP contribution in [0.5, 0.6) is 0 Å². The van der Waals surface area contributed by atoms with Crippen LogP contribution in [0.3, 0.4) is 0 Å². The van der Waals surface area contributed by atoms with E-state index in [0.717, 1.165) is 28.8 Å². The first kappa shape index (κ1) is 25.0. The molecule has 0 spiro atoms. The zero-order valence-corrected chi connectivity index (χ0v) is 22.2. The maximum atomic E-state index is 12.7. The van der Waals surface area contributed by atoms with Crippen LogP contribution in [0.4, 0.5) is 11.4 Å². The number of nitrogens with zero attached hydrogens (tertiary/aromatic N) is 4. The number of hydrogen-bond acceptors (Lipinski definition) is 7. The van der Waals surface area contributed by atoms with E-state index in [1.54, 1.807) is 0 Å². The number of carbonyl (C=O) groups excluding carboxylic acids is 2. The third-order valence-electron chi connectivity index (χ3n) is 5.93. The summed E-state index contributed by atoms with van der Waals surface area (Å²) < 4.78 is 6.59. The van der Waals surface area contributed by atoms with Gasteiger partial charge in [0.15, 0.2) is 0 Å². The molecular formula is C27H24BrN5O3S. The summed E-state index contributed by atoms with van der Waals surface area (Å²) in [6, 6.07) is 24.7. The third-order valence-corrected chi connectivity index (χ3v) is 7.28. The SMILES string of the molecule is O=C(CSc1nnc(-c2ccccc2)o1)Nc1ccc(N2CCN(C(=O)c3ccc(Br)cc3)CC2)cc1. The van der Waals surface area contributed by atoms with Crippen LogP contribution < -0.4 is 10.2 Å². The van der Waals surface area contributed by atoms with Crippen molar-refractivity contribution in [3.8, 4) is 11.5 Å². The van der Waals surface area contributed by atoms with Gasteiger partial charge in [-0.2, -0.15) is 0 Å². The number of carbonyl (C=O) groups is 2. The second-order valence-corrected chi connectivity index (χ2v) is 10.3. The van der Waals surface area contributed by atoms with Crippen molar-refractivity contribution in [2.24, 2.45) is 0 Å². The van der Waals surface area contributed by atoms with Crippen LogP contribution in [0.1, 0.15) is 10.4 Å². The van der Waals surface area contributed by atoms with Crippen molar-refractivity contribution in [1.82, 2.24) is 15.1 Å². The summed E-state index contributed by atoms with van der Waals surface area (Å²) in [6.45, 7) is 2.82. The van der Waals surface area contributed by atoms with E-state index >= 15 is 0 Å². The predicted molar refractivity (Wildman–Crippen MR) is 148 cm³/mol. The lowest BCUT2D eigenvalue weighted by Crippen LogP contribution is -2.48. The first-order valence-electron chi connectivity index (χ1n) is 11.8. The zero-order valence-electron chi connectivity index (χ0n) is 19.8. The summed E-state index contributed by atoms with van der Waals surface area (Å²) in [5.74, 6) is 0.488.